The second-order valence-corrected chi connectivity index (χ2v) is 7.10. The summed E-state index contributed by atoms with van der Waals surface area (Å²) >= 11 is 0. The van der Waals surface area contributed by atoms with Gasteiger partial charge in [0, 0.05) is 44.5 Å². The van der Waals surface area contributed by atoms with Gasteiger partial charge in [0.1, 0.15) is 11.6 Å². The first-order chi connectivity index (χ1) is 12.6. The number of hydrogen-bond acceptors (Lipinski definition) is 7. The fourth-order valence-corrected chi connectivity index (χ4v) is 3.40. The minimum atomic E-state index is 0.389. The van der Waals surface area contributed by atoms with Gasteiger partial charge in [-0.15, -0.1) is 15.3 Å². The Hall–Kier alpha value is -2.61. The van der Waals surface area contributed by atoms with Crippen molar-refractivity contribution in [2.24, 2.45) is 0 Å². The highest BCUT2D eigenvalue weighted by Crippen LogP contribution is 2.27. The van der Waals surface area contributed by atoms with Crippen LogP contribution >= 0.6 is 0 Å². The molecular weight excluding hydrogens is 328 g/mol. The highest BCUT2D eigenvalue weighted by molar-refractivity contribution is 5.45. The van der Waals surface area contributed by atoms with Gasteiger partial charge in [-0.2, -0.15) is 4.52 Å². The molecule has 0 radical (unpaired) electrons. The molecular formula is C18H24N8. The summed E-state index contributed by atoms with van der Waals surface area (Å²) in [5.41, 5.74) is 1.98. The summed E-state index contributed by atoms with van der Waals surface area (Å²) in [4.78, 5) is 13.0. The Bertz CT molecular complexity index is 878. The third-order valence-corrected chi connectivity index (χ3v) is 4.92. The molecule has 26 heavy (non-hydrogen) atoms. The molecule has 1 saturated heterocycles. The molecule has 0 spiro atoms. The molecule has 3 aromatic rings. The van der Waals surface area contributed by atoms with E-state index in [1.807, 2.05) is 55.0 Å². The van der Waals surface area contributed by atoms with Crippen molar-refractivity contribution in [1.82, 2.24) is 34.7 Å². The number of rotatable bonds is 4. The van der Waals surface area contributed by atoms with Crippen molar-refractivity contribution in [1.29, 1.82) is 0 Å². The van der Waals surface area contributed by atoms with Crippen molar-refractivity contribution in [3.63, 3.8) is 0 Å². The van der Waals surface area contributed by atoms with Crippen molar-refractivity contribution in [2.45, 2.75) is 32.2 Å². The monoisotopic (exact) mass is 352 g/mol. The van der Waals surface area contributed by atoms with Crippen LogP contribution in [-0.2, 0) is 6.54 Å². The highest BCUT2D eigenvalue weighted by atomic mass is 15.4. The SMILES string of the molecule is Cc1ncc(CN2CCC(c3nnc4ccc(N(C)C)nn34)CC2)cn1. The van der Waals surface area contributed by atoms with Gasteiger partial charge in [-0.1, -0.05) is 0 Å². The summed E-state index contributed by atoms with van der Waals surface area (Å²) < 4.78 is 1.91. The lowest BCUT2D eigenvalue weighted by Gasteiger charge is -2.30. The molecule has 136 valence electrons. The van der Waals surface area contributed by atoms with Gasteiger partial charge >= 0.3 is 0 Å². The second-order valence-electron chi connectivity index (χ2n) is 7.10. The van der Waals surface area contributed by atoms with E-state index < -0.39 is 0 Å². The van der Waals surface area contributed by atoms with E-state index in [4.69, 9.17) is 5.10 Å². The number of aryl methyl sites for hydroxylation is 1. The van der Waals surface area contributed by atoms with E-state index in [1.54, 1.807) is 0 Å². The average molecular weight is 352 g/mol. The maximum atomic E-state index is 4.69. The molecule has 0 bridgehead atoms. The zero-order valence-corrected chi connectivity index (χ0v) is 15.5. The van der Waals surface area contributed by atoms with E-state index >= 15 is 0 Å². The molecule has 0 aliphatic carbocycles. The Labute approximate surface area is 152 Å². The third kappa shape index (κ3) is 3.37. The Morgan fingerprint density at radius 2 is 1.81 bits per heavy atom. The van der Waals surface area contributed by atoms with Gasteiger partial charge < -0.3 is 4.90 Å². The fourth-order valence-electron chi connectivity index (χ4n) is 3.40. The van der Waals surface area contributed by atoms with Gasteiger partial charge in [-0.25, -0.2) is 9.97 Å². The van der Waals surface area contributed by atoms with E-state index in [2.05, 4.69) is 25.1 Å². The lowest BCUT2D eigenvalue weighted by Crippen LogP contribution is -2.33. The van der Waals surface area contributed by atoms with Crippen LogP contribution in [0.15, 0.2) is 24.5 Å². The zero-order valence-electron chi connectivity index (χ0n) is 15.5. The molecule has 1 aliphatic rings. The summed E-state index contributed by atoms with van der Waals surface area (Å²) in [7, 11) is 3.98. The second kappa shape index (κ2) is 6.95. The van der Waals surface area contributed by atoms with Crippen LogP contribution in [0.25, 0.3) is 5.65 Å². The summed E-state index contributed by atoms with van der Waals surface area (Å²) in [6.07, 6.45) is 5.96. The van der Waals surface area contributed by atoms with E-state index in [9.17, 15) is 0 Å². The number of likely N-dealkylation sites (tertiary alicyclic amines) is 1. The maximum absolute atomic E-state index is 4.69. The van der Waals surface area contributed by atoms with Crippen LogP contribution in [0.4, 0.5) is 5.82 Å². The lowest BCUT2D eigenvalue weighted by molar-refractivity contribution is 0.200. The van der Waals surface area contributed by atoms with Crippen LogP contribution in [0.5, 0.6) is 0 Å². The third-order valence-electron chi connectivity index (χ3n) is 4.92. The van der Waals surface area contributed by atoms with Gasteiger partial charge in [0.15, 0.2) is 11.5 Å². The predicted octanol–water partition coefficient (Wildman–Crippen LogP) is 1.67. The number of fused-ring (bicyclic) bond motifs is 1. The van der Waals surface area contributed by atoms with Crippen molar-refractivity contribution < 1.29 is 0 Å². The van der Waals surface area contributed by atoms with Gasteiger partial charge in [0.05, 0.1) is 0 Å². The molecule has 0 N–H and O–H groups in total. The summed E-state index contributed by atoms with van der Waals surface area (Å²) in [5.74, 6) is 3.09. The molecule has 0 saturated carbocycles. The zero-order chi connectivity index (χ0) is 18.1. The van der Waals surface area contributed by atoms with Crippen LogP contribution in [0, 0.1) is 6.92 Å². The number of aromatic nitrogens is 6. The van der Waals surface area contributed by atoms with Crippen LogP contribution in [-0.4, -0.2) is 61.9 Å². The Kier molecular flexibility index (Phi) is 4.50. The largest absolute Gasteiger partial charge is 0.361 e. The van der Waals surface area contributed by atoms with E-state index in [-0.39, 0.29) is 0 Å². The van der Waals surface area contributed by atoms with Crippen molar-refractivity contribution in [3.8, 4) is 0 Å². The normalized spacial score (nSPS) is 16.3. The first kappa shape index (κ1) is 16.8. The van der Waals surface area contributed by atoms with Gasteiger partial charge in [-0.05, 0) is 45.0 Å². The molecule has 0 amide bonds. The smallest absolute Gasteiger partial charge is 0.178 e. The quantitative estimate of drug-likeness (QED) is 0.707. The number of hydrogen-bond donors (Lipinski definition) is 0. The Morgan fingerprint density at radius 3 is 2.50 bits per heavy atom. The Balaban J connectivity index is 1.45. The number of piperidine rings is 1. The lowest BCUT2D eigenvalue weighted by atomic mass is 9.96. The predicted molar refractivity (Wildman–Crippen MR) is 99.1 cm³/mol. The fraction of sp³-hybridized carbons (Fsp3) is 0.500. The minimum absolute atomic E-state index is 0.389. The Morgan fingerprint density at radius 1 is 1.08 bits per heavy atom. The molecule has 1 aliphatic heterocycles. The molecule has 1 fully saturated rings. The van der Waals surface area contributed by atoms with Crippen LogP contribution in [0.2, 0.25) is 0 Å². The first-order valence-corrected chi connectivity index (χ1v) is 9.00. The molecule has 0 unspecified atom stereocenters. The van der Waals surface area contributed by atoms with Gasteiger partial charge in [-0.3, -0.25) is 4.90 Å². The average Bonchev–Trinajstić information content (AvgIpc) is 3.07. The summed E-state index contributed by atoms with van der Waals surface area (Å²) in [6.45, 7) is 4.87. The number of anilines is 1. The first-order valence-electron chi connectivity index (χ1n) is 9.00. The topological polar surface area (TPSA) is 75.3 Å². The van der Waals surface area contributed by atoms with E-state index in [0.717, 1.165) is 55.6 Å². The van der Waals surface area contributed by atoms with Crippen molar-refractivity contribution in [3.05, 3.63) is 41.7 Å². The van der Waals surface area contributed by atoms with Crippen molar-refractivity contribution in [2.75, 3.05) is 32.1 Å². The van der Waals surface area contributed by atoms with Gasteiger partial charge in [0.2, 0.25) is 0 Å². The molecule has 3 aromatic heterocycles. The standard InChI is InChI=1S/C18H24N8/c1-13-19-10-14(11-20-13)12-25-8-6-15(7-9-25)18-22-21-16-4-5-17(24(2)3)23-26(16)18/h4-5,10-11,15H,6-9,12H2,1-3H3. The van der Waals surface area contributed by atoms with Crippen molar-refractivity contribution >= 4 is 11.5 Å². The summed E-state index contributed by atoms with van der Waals surface area (Å²) in [5, 5.41) is 13.4. The van der Waals surface area contributed by atoms with Crippen LogP contribution in [0.1, 0.15) is 36.0 Å². The minimum Gasteiger partial charge on any atom is -0.361 e. The molecule has 0 aromatic carbocycles. The highest BCUT2D eigenvalue weighted by Gasteiger charge is 2.25. The molecule has 8 nitrogen and oxygen atoms in total. The van der Waals surface area contributed by atoms with Crippen LogP contribution in [0.3, 0.4) is 0 Å². The molecule has 0 atom stereocenters. The van der Waals surface area contributed by atoms with Gasteiger partial charge in [0.25, 0.3) is 0 Å². The number of nitrogens with zero attached hydrogens (tertiary/aromatic N) is 8. The molecule has 8 heteroatoms. The van der Waals surface area contributed by atoms with Crippen LogP contribution < -0.4 is 4.90 Å². The van der Waals surface area contributed by atoms with E-state index in [0.29, 0.717) is 5.92 Å². The molecule has 4 rings (SSSR count). The van der Waals surface area contributed by atoms with E-state index in [1.165, 1.54) is 5.56 Å². The summed E-state index contributed by atoms with van der Waals surface area (Å²) in [6, 6.07) is 3.95. The molecule has 4 heterocycles. The maximum Gasteiger partial charge on any atom is 0.178 e.